The molecule has 0 aliphatic carbocycles. The van der Waals surface area contributed by atoms with Crippen molar-refractivity contribution in [1.29, 1.82) is 0 Å². The SMILES string of the molecule is CCc1cc(C(=O)N(CC(C)C)c2c(N)n(CC(C)C)c(=O)[nH]c2=O)sc1C. The average molecular weight is 407 g/mol. The van der Waals surface area contributed by atoms with E-state index in [-0.39, 0.29) is 29.2 Å². The fourth-order valence-corrected chi connectivity index (χ4v) is 4.20. The molecule has 0 bridgehead atoms. The predicted octanol–water partition coefficient (Wildman–Crippen LogP) is 3.01. The number of hydrogen-bond donors (Lipinski definition) is 2. The standard InChI is InChI=1S/C20H30N4O3S/c1-7-14-8-15(28-13(14)6)19(26)23(9-11(2)3)16-17(21)24(10-12(4)5)20(27)22-18(16)25/h8,11-12H,7,9-10,21H2,1-6H3,(H,22,25,27). The quantitative estimate of drug-likeness (QED) is 0.738. The molecular weight excluding hydrogens is 376 g/mol. The van der Waals surface area contributed by atoms with E-state index in [4.69, 9.17) is 5.73 Å². The first-order chi connectivity index (χ1) is 13.1. The highest BCUT2D eigenvalue weighted by molar-refractivity contribution is 7.14. The zero-order chi connectivity index (χ0) is 21.2. The Balaban J connectivity index is 2.64. The molecule has 0 aliphatic heterocycles. The maximum atomic E-state index is 13.3. The van der Waals surface area contributed by atoms with Crippen molar-refractivity contribution in [2.75, 3.05) is 17.2 Å². The predicted molar refractivity (Wildman–Crippen MR) is 116 cm³/mol. The lowest BCUT2D eigenvalue weighted by Gasteiger charge is -2.26. The lowest BCUT2D eigenvalue weighted by atomic mass is 10.1. The molecule has 1 amide bonds. The molecule has 2 aromatic heterocycles. The minimum absolute atomic E-state index is 0.0282. The molecule has 0 spiro atoms. The highest BCUT2D eigenvalue weighted by Gasteiger charge is 2.27. The molecule has 0 saturated carbocycles. The van der Waals surface area contributed by atoms with E-state index in [1.807, 2.05) is 47.6 Å². The molecule has 7 nitrogen and oxygen atoms in total. The lowest BCUT2D eigenvalue weighted by Crippen LogP contribution is -2.42. The van der Waals surface area contributed by atoms with E-state index in [1.165, 1.54) is 20.8 Å². The zero-order valence-electron chi connectivity index (χ0n) is 17.5. The summed E-state index contributed by atoms with van der Waals surface area (Å²) in [4.78, 5) is 43.6. The van der Waals surface area contributed by atoms with Gasteiger partial charge in [-0.3, -0.25) is 24.0 Å². The molecule has 3 N–H and O–H groups in total. The maximum Gasteiger partial charge on any atom is 0.330 e. The fourth-order valence-electron chi connectivity index (χ4n) is 3.13. The van der Waals surface area contributed by atoms with E-state index in [9.17, 15) is 14.4 Å². The number of aromatic nitrogens is 2. The number of nitrogens with zero attached hydrogens (tertiary/aromatic N) is 2. The van der Waals surface area contributed by atoms with Crippen LogP contribution in [0.2, 0.25) is 0 Å². The van der Waals surface area contributed by atoms with Crippen LogP contribution in [0, 0.1) is 18.8 Å². The minimum Gasteiger partial charge on any atom is -0.383 e. The summed E-state index contributed by atoms with van der Waals surface area (Å²) in [5, 5.41) is 0. The molecule has 28 heavy (non-hydrogen) atoms. The first-order valence-corrected chi connectivity index (χ1v) is 10.4. The Morgan fingerprint density at radius 3 is 2.39 bits per heavy atom. The van der Waals surface area contributed by atoms with Gasteiger partial charge in [-0.1, -0.05) is 34.6 Å². The molecule has 2 aromatic rings. The highest BCUT2D eigenvalue weighted by atomic mass is 32.1. The normalized spacial score (nSPS) is 11.4. The zero-order valence-corrected chi connectivity index (χ0v) is 18.3. The second kappa shape index (κ2) is 8.77. The summed E-state index contributed by atoms with van der Waals surface area (Å²) in [5.74, 6) is 0.0221. The molecule has 154 valence electrons. The van der Waals surface area contributed by atoms with Crippen LogP contribution >= 0.6 is 11.3 Å². The number of aromatic amines is 1. The van der Waals surface area contributed by atoms with Crippen LogP contribution in [-0.4, -0.2) is 22.0 Å². The number of carbonyl (C=O) groups is 1. The van der Waals surface area contributed by atoms with Gasteiger partial charge in [-0.2, -0.15) is 0 Å². The summed E-state index contributed by atoms with van der Waals surface area (Å²) in [6.07, 6.45) is 0.835. The van der Waals surface area contributed by atoms with Gasteiger partial charge < -0.3 is 5.73 Å². The number of rotatable bonds is 7. The molecule has 0 aliphatic rings. The van der Waals surface area contributed by atoms with Crippen molar-refractivity contribution in [3.63, 3.8) is 0 Å². The number of anilines is 2. The number of aryl methyl sites for hydroxylation is 2. The van der Waals surface area contributed by atoms with Gasteiger partial charge in [0.1, 0.15) is 5.82 Å². The summed E-state index contributed by atoms with van der Waals surface area (Å²) < 4.78 is 1.33. The lowest BCUT2D eigenvalue weighted by molar-refractivity contribution is 0.0987. The summed E-state index contributed by atoms with van der Waals surface area (Å²) in [7, 11) is 0. The first kappa shape index (κ1) is 21.9. The van der Waals surface area contributed by atoms with Crippen molar-refractivity contribution in [1.82, 2.24) is 9.55 Å². The van der Waals surface area contributed by atoms with Gasteiger partial charge in [0, 0.05) is 18.0 Å². The molecule has 2 rings (SSSR count). The molecule has 0 atom stereocenters. The summed E-state index contributed by atoms with van der Waals surface area (Å²) >= 11 is 1.41. The van der Waals surface area contributed by atoms with Gasteiger partial charge in [-0.05, 0) is 36.8 Å². The Kier molecular flexibility index (Phi) is 6.87. The number of nitrogens with one attached hydrogen (secondary N) is 1. The van der Waals surface area contributed by atoms with Gasteiger partial charge in [-0.15, -0.1) is 11.3 Å². The van der Waals surface area contributed by atoms with Crippen molar-refractivity contribution in [3.05, 3.63) is 42.2 Å². The smallest absolute Gasteiger partial charge is 0.330 e. The van der Waals surface area contributed by atoms with Gasteiger partial charge in [0.25, 0.3) is 11.5 Å². The average Bonchev–Trinajstić information content (AvgIpc) is 2.97. The third-order valence-corrected chi connectivity index (χ3v) is 5.52. The van der Waals surface area contributed by atoms with Crippen LogP contribution in [0.3, 0.4) is 0 Å². The van der Waals surface area contributed by atoms with Crippen LogP contribution < -0.4 is 21.9 Å². The largest absolute Gasteiger partial charge is 0.383 e. The molecule has 0 aromatic carbocycles. The Morgan fingerprint density at radius 2 is 1.89 bits per heavy atom. The van der Waals surface area contributed by atoms with Gasteiger partial charge in [-0.25, -0.2) is 4.79 Å². The molecule has 0 unspecified atom stereocenters. The maximum absolute atomic E-state index is 13.3. The highest BCUT2D eigenvalue weighted by Crippen LogP contribution is 2.27. The van der Waals surface area contributed by atoms with Crippen LogP contribution in [0.1, 0.15) is 54.7 Å². The number of nitrogen functional groups attached to an aromatic ring is 1. The third kappa shape index (κ3) is 4.55. The second-order valence-electron chi connectivity index (χ2n) is 7.85. The number of carbonyl (C=O) groups excluding carboxylic acids is 1. The van der Waals surface area contributed by atoms with Crippen molar-refractivity contribution < 1.29 is 4.79 Å². The van der Waals surface area contributed by atoms with Crippen molar-refractivity contribution in [2.45, 2.75) is 54.5 Å². The van der Waals surface area contributed by atoms with Crippen LogP contribution in [0.4, 0.5) is 11.5 Å². The summed E-state index contributed by atoms with van der Waals surface area (Å²) in [6.45, 7) is 12.5. The molecule has 0 radical (unpaired) electrons. The fraction of sp³-hybridized carbons (Fsp3) is 0.550. The van der Waals surface area contributed by atoms with Gasteiger partial charge >= 0.3 is 5.69 Å². The van der Waals surface area contributed by atoms with E-state index in [2.05, 4.69) is 4.98 Å². The van der Waals surface area contributed by atoms with E-state index < -0.39 is 11.2 Å². The second-order valence-corrected chi connectivity index (χ2v) is 9.11. The van der Waals surface area contributed by atoms with Crippen LogP contribution in [-0.2, 0) is 13.0 Å². The van der Waals surface area contributed by atoms with Gasteiger partial charge in [0.2, 0.25) is 0 Å². The van der Waals surface area contributed by atoms with Crippen molar-refractivity contribution in [2.24, 2.45) is 11.8 Å². The third-order valence-electron chi connectivity index (χ3n) is 4.44. The minimum atomic E-state index is -0.638. The van der Waals surface area contributed by atoms with Crippen LogP contribution in [0.15, 0.2) is 15.7 Å². The number of amides is 1. The Labute approximate surface area is 169 Å². The molecule has 2 heterocycles. The number of hydrogen-bond acceptors (Lipinski definition) is 5. The number of nitrogens with two attached hydrogens (primary N) is 1. The summed E-state index contributed by atoms with van der Waals surface area (Å²) in [6, 6.07) is 1.88. The molecule has 8 heteroatoms. The van der Waals surface area contributed by atoms with Gasteiger partial charge in [0.05, 0.1) is 4.88 Å². The first-order valence-electron chi connectivity index (χ1n) is 9.60. The van der Waals surface area contributed by atoms with E-state index in [0.29, 0.717) is 18.0 Å². The van der Waals surface area contributed by atoms with E-state index >= 15 is 0 Å². The van der Waals surface area contributed by atoms with Crippen LogP contribution in [0.5, 0.6) is 0 Å². The summed E-state index contributed by atoms with van der Waals surface area (Å²) in [5.41, 5.74) is 6.20. The Bertz CT molecular complexity index is 969. The monoisotopic (exact) mass is 406 g/mol. The van der Waals surface area contributed by atoms with E-state index in [1.54, 1.807) is 0 Å². The van der Waals surface area contributed by atoms with Crippen molar-refractivity contribution in [3.8, 4) is 0 Å². The molecule has 0 fully saturated rings. The van der Waals surface area contributed by atoms with Crippen molar-refractivity contribution >= 4 is 28.7 Å². The Hall–Kier alpha value is -2.35. The number of H-pyrrole nitrogens is 1. The van der Waals surface area contributed by atoms with E-state index in [0.717, 1.165) is 16.9 Å². The topological polar surface area (TPSA) is 101 Å². The Morgan fingerprint density at radius 1 is 1.25 bits per heavy atom. The van der Waals surface area contributed by atoms with Gasteiger partial charge in [0.15, 0.2) is 5.69 Å². The van der Waals surface area contributed by atoms with Crippen LogP contribution in [0.25, 0.3) is 0 Å². The number of thiophene rings is 1. The molecule has 0 saturated heterocycles. The molecular formula is C20H30N4O3S.